The van der Waals surface area contributed by atoms with Crippen LogP contribution < -0.4 is 9.80 Å². The molecular weight excluding hydrogens is 346 g/mol. The van der Waals surface area contributed by atoms with Gasteiger partial charge < -0.3 is 14.7 Å². The number of fused-ring (bicyclic) bond motifs is 1. The lowest BCUT2D eigenvalue weighted by atomic mass is 10.2. The number of carbonyl (C=O) groups is 1. The van der Waals surface area contributed by atoms with E-state index in [4.69, 9.17) is 0 Å². The van der Waals surface area contributed by atoms with Crippen molar-refractivity contribution >= 4 is 39.0 Å². The minimum atomic E-state index is 0.125. The summed E-state index contributed by atoms with van der Waals surface area (Å²) in [6.07, 6.45) is 0. The summed E-state index contributed by atoms with van der Waals surface area (Å²) in [5.74, 6) is 1.83. The number of aromatic nitrogens is 2. The third-order valence-corrected chi connectivity index (χ3v) is 5.73. The first-order valence-electron chi connectivity index (χ1n) is 8.66. The molecule has 0 aliphatic carbocycles. The van der Waals surface area contributed by atoms with E-state index in [2.05, 4.69) is 27.2 Å². The second kappa shape index (κ2) is 6.92. The van der Waals surface area contributed by atoms with E-state index in [0.29, 0.717) is 13.1 Å². The number of anilines is 2. The van der Waals surface area contributed by atoms with Crippen LogP contribution in [0.25, 0.3) is 10.1 Å². The lowest BCUT2D eigenvalue weighted by Crippen LogP contribution is -2.49. The molecule has 0 atom stereocenters. The lowest BCUT2D eigenvalue weighted by molar-refractivity contribution is 0.0751. The largest absolute Gasteiger partial charge is 0.361 e. The molecule has 3 heterocycles. The van der Waals surface area contributed by atoms with Crippen molar-refractivity contribution in [2.45, 2.75) is 0 Å². The van der Waals surface area contributed by atoms with Crippen molar-refractivity contribution in [2.75, 3.05) is 50.1 Å². The summed E-state index contributed by atoms with van der Waals surface area (Å²) in [6, 6.07) is 14.1. The Bertz CT molecular complexity index is 880. The zero-order valence-corrected chi connectivity index (χ0v) is 15.7. The van der Waals surface area contributed by atoms with Gasteiger partial charge >= 0.3 is 0 Å². The van der Waals surface area contributed by atoms with E-state index in [1.165, 1.54) is 0 Å². The molecule has 0 radical (unpaired) electrons. The van der Waals surface area contributed by atoms with Crippen molar-refractivity contribution in [1.82, 2.24) is 15.1 Å². The van der Waals surface area contributed by atoms with E-state index in [1.807, 2.05) is 54.2 Å². The molecule has 3 aromatic rings. The van der Waals surface area contributed by atoms with Crippen LogP contribution in [0.4, 0.5) is 11.6 Å². The lowest BCUT2D eigenvalue weighted by Gasteiger charge is -2.35. The standard InChI is InChI=1S/C19H21N5OS/c1-22(2)17-7-8-18(21-20-17)23-9-11-24(12-10-23)19(25)16-13-14-5-3-4-6-15(14)26-16/h3-8,13H,9-12H2,1-2H3. The van der Waals surface area contributed by atoms with Gasteiger partial charge in [-0.05, 0) is 29.7 Å². The highest BCUT2D eigenvalue weighted by molar-refractivity contribution is 7.20. The van der Waals surface area contributed by atoms with Gasteiger partial charge in [-0.15, -0.1) is 21.5 Å². The van der Waals surface area contributed by atoms with Crippen LogP contribution in [0.2, 0.25) is 0 Å². The molecule has 0 saturated carbocycles. The number of hydrogen-bond acceptors (Lipinski definition) is 6. The number of hydrogen-bond donors (Lipinski definition) is 0. The Balaban J connectivity index is 1.42. The summed E-state index contributed by atoms with van der Waals surface area (Å²) in [6.45, 7) is 2.94. The van der Waals surface area contributed by atoms with Crippen LogP contribution in [0.5, 0.6) is 0 Å². The van der Waals surface area contributed by atoms with Gasteiger partial charge in [-0.1, -0.05) is 18.2 Å². The van der Waals surface area contributed by atoms with Crippen LogP contribution in [-0.4, -0.2) is 61.3 Å². The SMILES string of the molecule is CN(C)c1ccc(N2CCN(C(=O)c3cc4ccccc4s3)CC2)nn1. The highest BCUT2D eigenvalue weighted by atomic mass is 32.1. The maximum Gasteiger partial charge on any atom is 0.264 e. The monoisotopic (exact) mass is 367 g/mol. The Labute approximate surface area is 156 Å². The summed E-state index contributed by atoms with van der Waals surface area (Å²) in [7, 11) is 3.89. The van der Waals surface area contributed by atoms with Gasteiger partial charge in [0.2, 0.25) is 0 Å². The van der Waals surface area contributed by atoms with Gasteiger partial charge in [-0.2, -0.15) is 0 Å². The Morgan fingerprint density at radius 2 is 1.81 bits per heavy atom. The Kier molecular flexibility index (Phi) is 4.46. The highest BCUT2D eigenvalue weighted by Gasteiger charge is 2.24. The fourth-order valence-corrected chi connectivity index (χ4v) is 4.14. The van der Waals surface area contributed by atoms with Gasteiger partial charge in [0.05, 0.1) is 4.88 Å². The Morgan fingerprint density at radius 1 is 1.04 bits per heavy atom. The van der Waals surface area contributed by atoms with Crippen LogP contribution >= 0.6 is 11.3 Å². The first kappa shape index (κ1) is 16.8. The number of piperazine rings is 1. The average Bonchev–Trinajstić information content (AvgIpc) is 3.12. The predicted molar refractivity (Wildman–Crippen MR) is 106 cm³/mol. The van der Waals surface area contributed by atoms with Crippen LogP contribution in [0, 0.1) is 0 Å². The molecule has 1 fully saturated rings. The molecule has 134 valence electrons. The topological polar surface area (TPSA) is 52.6 Å². The number of thiophene rings is 1. The van der Waals surface area contributed by atoms with Crippen molar-refractivity contribution < 1.29 is 4.79 Å². The minimum Gasteiger partial charge on any atom is -0.361 e. The molecule has 0 spiro atoms. The van der Waals surface area contributed by atoms with Crippen molar-refractivity contribution in [3.8, 4) is 0 Å². The van der Waals surface area contributed by atoms with Gasteiger partial charge in [0, 0.05) is 45.0 Å². The Hall–Kier alpha value is -2.67. The van der Waals surface area contributed by atoms with E-state index in [1.54, 1.807) is 11.3 Å². The maximum absolute atomic E-state index is 12.8. The molecular formula is C19H21N5OS. The maximum atomic E-state index is 12.8. The van der Waals surface area contributed by atoms with Gasteiger partial charge in [0.25, 0.3) is 5.91 Å². The molecule has 1 aliphatic rings. The fraction of sp³-hybridized carbons (Fsp3) is 0.316. The van der Waals surface area contributed by atoms with Crippen molar-refractivity contribution in [3.05, 3.63) is 47.3 Å². The zero-order chi connectivity index (χ0) is 18.1. The molecule has 1 aliphatic heterocycles. The number of rotatable bonds is 3. The molecule has 0 unspecified atom stereocenters. The molecule has 1 aromatic carbocycles. The van der Waals surface area contributed by atoms with E-state index in [0.717, 1.165) is 39.7 Å². The first-order valence-corrected chi connectivity index (χ1v) is 9.47. The number of nitrogens with zero attached hydrogens (tertiary/aromatic N) is 5. The summed E-state index contributed by atoms with van der Waals surface area (Å²) >= 11 is 1.57. The number of amides is 1. The molecule has 7 heteroatoms. The van der Waals surface area contributed by atoms with Crippen molar-refractivity contribution in [2.24, 2.45) is 0 Å². The Morgan fingerprint density at radius 3 is 2.46 bits per heavy atom. The highest BCUT2D eigenvalue weighted by Crippen LogP contribution is 2.27. The van der Waals surface area contributed by atoms with Gasteiger partial charge in [-0.25, -0.2) is 0 Å². The van der Waals surface area contributed by atoms with Crippen LogP contribution in [0.1, 0.15) is 9.67 Å². The summed E-state index contributed by atoms with van der Waals surface area (Å²) in [5, 5.41) is 9.68. The van der Waals surface area contributed by atoms with E-state index in [9.17, 15) is 4.79 Å². The normalized spacial score (nSPS) is 14.7. The van der Waals surface area contributed by atoms with Gasteiger partial charge in [0.15, 0.2) is 11.6 Å². The van der Waals surface area contributed by atoms with Crippen LogP contribution in [-0.2, 0) is 0 Å². The van der Waals surface area contributed by atoms with E-state index in [-0.39, 0.29) is 5.91 Å². The second-order valence-electron chi connectivity index (χ2n) is 6.57. The minimum absolute atomic E-state index is 0.125. The van der Waals surface area contributed by atoms with Gasteiger partial charge in [-0.3, -0.25) is 4.79 Å². The summed E-state index contributed by atoms with van der Waals surface area (Å²) in [5.41, 5.74) is 0. The smallest absolute Gasteiger partial charge is 0.264 e. The zero-order valence-electron chi connectivity index (χ0n) is 14.9. The molecule has 26 heavy (non-hydrogen) atoms. The van der Waals surface area contributed by atoms with Crippen LogP contribution in [0.3, 0.4) is 0 Å². The molecule has 6 nitrogen and oxygen atoms in total. The third kappa shape index (κ3) is 3.22. The molecule has 1 amide bonds. The predicted octanol–water partition coefficient (Wildman–Crippen LogP) is 2.72. The molecule has 1 saturated heterocycles. The van der Waals surface area contributed by atoms with Crippen LogP contribution in [0.15, 0.2) is 42.5 Å². The first-order chi connectivity index (χ1) is 12.6. The quantitative estimate of drug-likeness (QED) is 0.712. The van der Waals surface area contributed by atoms with Gasteiger partial charge in [0.1, 0.15) is 0 Å². The molecule has 4 rings (SSSR count). The molecule has 0 N–H and O–H groups in total. The third-order valence-electron chi connectivity index (χ3n) is 4.62. The van der Waals surface area contributed by atoms with E-state index >= 15 is 0 Å². The van der Waals surface area contributed by atoms with Crippen molar-refractivity contribution in [3.63, 3.8) is 0 Å². The van der Waals surface area contributed by atoms with Crippen molar-refractivity contribution in [1.29, 1.82) is 0 Å². The summed E-state index contributed by atoms with van der Waals surface area (Å²) in [4.78, 5) is 19.7. The fourth-order valence-electron chi connectivity index (χ4n) is 3.11. The number of benzene rings is 1. The van der Waals surface area contributed by atoms with E-state index < -0.39 is 0 Å². The molecule has 0 bridgehead atoms. The molecule has 2 aromatic heterocycles. The second-order valence-corrected chi connectivity index (χ2v) is 7.66. The average molecular weight is 367 g/mol. The summed E-state index contributed by atoms with van der Waals surface area (Å²) < 4.78 is 1.16. The number of carbonyl (C=O) groups excluding carboxylic acids is 1.